The summed E-state index contributed by atoms with van der Waals surface area (Å²) >= 11 is 0. The summed E-state index contributed by atoms with van der Waals surface area (Å²) in [5, 5.41) is 12.7. The highest BCUT2D eigenvalue weighted by molar-refractivity contribution is 6.25. The van der Waals surface area contributed by atoms with Crippen LogP contribution in [-0.2, 0) is 0 Å². The summed E-state index contributed by atoms with van der Waals surface area (Å²) in [7, 11) is 0. The van der Waals surface area contributed by atoms with E-state index >= 15 is 0 Å². The van der Waals surface area contributed by atoms with E-state index in [0.29, 0.717) is 0 Å². The number of hydrogen-bond acceptors (Lipinski definition) is 0. The molecule has 0 fully saturated rings. The highest BCUT2D eigenvalue weighted by atomic mass is 14.2. The number of hydrogen-bond donors (Lipinski definition) is 0. The Balaban J connectivity index is 1.03. The van der Waals surface area contributed by atoms with Crippen LogP contribution < -0.4 is 0 Å². The highest BCUT2D eigenvalue weighted by Gasteiger charge is 2.18. The Morgan fingerprint density at radius 3 is 1.31 bits per heavy atom. The lowest BCUT2D eigenvalue weighted by molar-refractivity contribution is 1.61. The van der Waals surface area contributed by atoms with Gasteiger partial charge in [-0.25, -0.2) is 0 Å². The van der Waals surface area contributed by atoms with Gasteiger partial charge in [0.1, 0.15) is 0 Å². The van der Waals surface area contributed by atoms with Gasteiger partial charge in [-0.15, -0.1) is 0 Å². The summed E-state index contributed by atoms with van der Waals surface area (Å²) in [5.74, 6) is 0. The molecule has 0 aliphatic rings. The zero-order valence-corrected chi connectivity index (χ0v) is 28.6. The van der Waals surface area contributed by atoms with E-state index in [4.69, 9.17) is 0 Å². The van der Waals surface area contributed by atoms with Crippen LogP contribution in [0, 0.1) is 0 Å². The maximum atomic E-state index is 2.39. The number of fused-ring (bicyclic) bond motifs is 6. The monoisotopic (exact) mass is 658 g/mol. The standard InChI is InChI=1S/C52H34/c1-2-12-40-33-41(32-31-37(40)11-1)38-27-23-35(24-28-38)21-22-36-25-29-39(30-26-36)51-46-17-7-9-19-48(46)52(49-20-10-8-18-47(49)51)50-34-42-13-3-4-14-43(42)44-15-5-6-16-45(44)50/h1-34H/b22-21+. The van der Waals surface area contributed by atoms with Crippen molar-refractivity contribution < 1.29 is 0 Å². The van der Waals surface area contributed by atoms with Crippen LogP contribution in [0.2, 0.25) is 0 Å². The summed E-state index contributed by atoms with van der Waals surface area (Å²) in [6.07, 6.45) is 4.41. The SMILES string of the molecule is C(=C\c1ccc(-c2c3ccccc3c(-c3cc4ccccc4c4ccccc34)c3ccccc23)cc1)/c1ccc(-c2ccc3ccccc3c2)cc1. The van der Waals surface area contributed by atoms with Crippen molar-refractivity contribution in [3.05, 3.63) is 205 Å². The van der Waals surface area contributed by atoms with Gasteiger partial charge in [0.2, 0.25) is 0 Å². The van der Waals surface area contributed by atoms with Crippen LogP contribution in [0.1, 0.15) is 11.1 Å². The molecule has 0 N–H and O–H groups in total. The molecule has 0 saturated carbocycles. The fourth-order valence-corrected chi connectivity index (χ4v) is 8.10. The first-order chi connectivity index (χ1) is 25.8. The molecule has 0 heterocycles. The minimum absolute atomic E-state index is 1.18. The molecule has 52 heavy (non-hydrogen) atoms. The molecular weight excluding hydrogens is 625 g/mol. The molecular formula is C52H34. The van der Waals surface area contributed by atoms with Crippen molar-refractivity contribution >= 4 is 66.0 Å². The van der Waals surface area contributed by atoms with Gasteiger partial charge in [-0.2, -0.15) is 0 Å². The second-order valence-electron chi connectivity index (χ2n) is 13.7. The van der Waals surface area contributed by atoms with Gasteiger partial charge in [0, 0.05) is 0 Å². The molecule has 0 bridgehead atoms. The van der Waals surface area contributed by atoms with Gasteiger partial charge in [-0.05, 0) is 111 Å². The zero-order chi connectivity index (χ0) is 34.4. The first-order valence-electron chi connectivity index (χ1n) is 18.0. The summed E-state index contributed by atoms with van der Waals surface area (Å²) in [4.78, 5) is 0. The van der Waals surface area contributed by atoms with Gasteiger partial charge < -0.3 is 0 Å². The molecule has 0 aliphatic carbocycles. The quantitative estimate of drug-likeness (QED) is 0.0981. The van der Waals surface area contributed by atoms with Crippen molar-refractivity contribution in [3.8, 4) is 33.4 Å². The van der Waals surface area contributed by atoms with Crippen LogP contribution in [0.15, 0.2) is 194 Å². The predicted octanol–water partition coefficient (Wildman–Crippen LogP) is 14.6. The summed E-state index contributed by atoms with van der Waals surface area (Å²) in [5.41, 5.74) is 9.90. The average Bonchev–Trinajstić information content (AvgIpc) is 3.22. The third-order valence-electron chi connectivity index (χ3n) is 10.6. The maximum absolute atomic E-state index is 2.39. The van der Waals surface area contributed by atoms with Crippen molar-refractivity contribution in [1.29, 1.82) is 0 Å². The van der Waals surface area contributed by atoms with E-state index in [-0.39, 0.29) is 0 Å². The summed E-state index contributed by atoms with van der Waals surface area (Å²) < 4.78 is 0. The molecule has 10 aromatic rings. The van der Waals surface area contributed by atoms with E-state index in [2.05, 4.69) is 206 Å². The third-order valence-corrected chi connectivity index (χ3v) is 10.6. The van der Waals surface area contributed by atoms with Crippen LogP contribution >= 0.6 is 0 Å². The molecule has 0 aliphatic heterocycles. The highest BCUT2D eigenvalue weighted by Crippen LogP contribution is 2.46. The van der Waals surface area contributed by atoms with Crippen LogP contribution in [0.5, 0.6) is 0 Å². The molecule has 0 spiro atoms. The molecule has 242 valence electrons. The smallest absolute Gasteiger partial charge is 0.00199 e. The van der Waals surface area contributed by atoms with E-state index in [0.717, 1.165) is 0 Å². The molecule has 10 aromatic carbocycles. The second-order valence-corrected chi connectivity index (χ2v) is 13.7. The summed E-state index contributed by atoms with van der Waals surface area (Å²) in [6.45, 7) is 0. The van der Waals surface area contributed by atoms with E-state index in [1.165, 1.54) is 98.4 Å². The lowest BCUT2D eigenvalue weighted by atomic mass is 9.84. The van der Waals surface area contributed by atoms with Gasteiger partial charge in [0.15, 0.2) is 0 Å². The molecule has 0 saturated heterocycles. The lowest BCUT2D eigenvalue weighted by Gasteiger charge is -2.19. The van der Waals surface area contributed by atoms with Crippen molar-refractivity contribution in [2.24, 2.45) is 0 Å². The van der Waals surface area contributed by atoms with Gasteiger partial charge in [-0.1, -0.05) is 194 Å². The Kier molecular flexibility index (Phi) is 7.25. The Morgan fingerprint density at radius 2 is 0.692 bits per heavy atom. The van der Waals surface area contributed by atoms with Gasteiger partial charge >= 0.3 is 0 Å². The van der Waals surface area contributed by atoms with E-state index in [1.54, 1.807) is 0 Å². The predicted molar refractivity (Wildman–Crippen MR) is 226 cm³/mol. The van der Waals surface area contributed by atoms with E-state index < -0.39 is 0 Å². The van der Waals surface area contributed by atoms with Crippen LogP contribution in [0.25, 0.3) is 99.4 Å². The molecule has 0 amide bonds. The van der Waals surface area contributed by atoms with Crippen molar-refractivity contribution in [3.63, 3.8) is 0 Å². The fourth-order valence-electron chi connectivity index (χ4n) is 8.10. The van der Waals surface area contributed by atoms with Crippen molar-refractivity contribution in [2.45, 2.75) is 0 Å². The van der Waals surface area contributed by atoms with Gasteiger partial charge in [0.25, 0.3) is 0 Å². The lowest BCUT2D eigenvalue weighted by Crippen LogP contribution is -1.92. The topological polar surface area (TPSA) is 0 Å². The van der Waals surface area contributed by atoms with Gasteiger partial charge in [-0.3, -0.25) is 0 Å². The molecule has 0 aromatic heterocycles. The van der Waals surface area contributed by atoms with Crippen molar-refractivity contribution in [2.75, 3.05) is 0 Å². The molecule has 0 heteroatoms. The van der Waals surface area contributed by atoms with Crippen LogP contribution in [0.4, 0.5) is 0 Å². The number of benzene rings is 10. The van der Waals surface area contributed by atoms with E-state index in [1.807, 2.05) is 0 Å². The Hall–Kier alpha value is -6.76. The van der Waals surface area contributed by atoms with Gasteiger partial charge in [0.05, 0.1) is 0 Å². The van der Waals surface area contributed by atoms with Crippen LogP contribution in [0.3, 0.4) is 0 Å². The second kappa shape index (κ2) is 12.5. The van der Waals surface area contributed by atoms with Crippen molar-refractivity contribution in [1.82, 2.24) is 0 Å². The molecule has 0 unspecified atom stereocenters. The largest absolute Gasteiger partial charge is 0.0616 e. The normalized spacial score (nSPS) is 11.8. The minimum Gasteiger partial charge on any atom is -0.0616 e. The average molecular weight is 659 g/mol. The molecule has 0 radical (unpaired) electrons. The molecule has 10 rings (SSSR count). The minimum atomic E-state index is 1.18. The Labute approximate surface area is 303 Å². The zero-order valence-electron chi connectivity index (χ0n) is 28.6. The summed E-state index contributed by atoms with van der Waals surface area (Å²) in [6, 6.07) is 71.0. The number of rotatable bonds is 5. The Bertz CT molecular complexity index is 2920. The molecule has 0 atom stereocenters. The third kappa shape index (κ3) is 5.16. The van der Waals surface area contributed by atoms with E-state index in [9.17, 15) is 0 Å². The fraction of sp³-hybridized carbons (Fsp3) is 0. The Morgan fingerprint density at radius 1 is 0.250 bits per heavy atom. The van der Waals surface area contributed by atoms with Crippen LogP contribution in [-0.4, -0.2) is 0 Å². The maximum Gasteiger partial charge on any atom is -0.00199 e. The first-order valence-corrected chi connectivity index (χ1v) is 18.0. The molecule has 0 nitrogen and oxygen atoms in total. The first kappa shape index (κ1) is 30.1.